The van der Waals surface area contributed by atoms with Gasteiger partial charge in [-0.15, -0.1) is 0 Å². The van der Waals surface area contributed by atoms with Crippen LogP contribution in [0.25, 0.3) is 0 Å². The lowest BCUT2D eigenvalue weighted by atomic mass is 10.1. The summed E-state index contributed by atoms with van der Waals surface area (Å²) in [4.78, 5) is 0. The number of ether oxygens (including phenoxy) is 1. The molecule has 0 spiro atoms. The van der Waals surface area contributed by atoms with Crippen molar-refractivity contribution in [1.82, 2.24) is 0 Å². The molecular formula is C14H11BrCl2FNO. The number of hydrogen-bond donors (Lipinski definition) is 1. The van der Waals surface area contributed by atoms with Crippen molar-refractivity contribution in [2.45, 2.75) is 13.0 Å². The van der Waals surface area contributed by atoms with Gasteiger partial charge in [0.05, 0.1) is 10.0 Å². The van der Waals surface area contributed by atoms with Crippen LogP contribution in [0.5, 0.6) is 11.5 Å². The van der Waals surface area contributed by atoms with Gasteiger partial charge in [0, 0.05) is 22.1 Å². The second-order valence-corrected chi connectivity index (χ2v) is 5.94. The molecule has 0 saturated carbocycles. The van der Waals surface area contributed by atoms with E-state index < -0.39 is 0 Å². The normalized spacial score (nSPS) is 12.3. The Bertz CT molecular complexity index is 649. The molecule has 2 nitrogen and oxygen atoms in total. The number of hydrogen-bond acceptors (Lipinski definition) is 2. The van der Waals surface area contributed by atoms with Crippen LogP contribution in [0, 0.1) is 5.82 Å². The van der Waals surface area contributed by atoms with Gasteiger partial charge in [-0.05, 0) is 47.1 Å². The Hall–Kier alpha value is -0.810. The summed E-state index contributed by atoms with van der Waals surface area (Å²) in [6.07, 6.45) is 0. The van der Waals surface area contributed by atoms with Crippen molar-refractivity contribution < 1.29 is 9.13 Å². The lowest BCUT2D eigenvalue weighted by Crippen LogP contribution is -2.07. The van der Waals surface area contributed by atoms with E-state index in [1.165, 1.54) is 18.2 Å². The summed E-state index contributed by atoms with van der Waals surface area (Å²) in [5, 5.41) is 0.857. The van der Waals surface area contributed by atoms with Crippen LogP contribution in [-0.4, -0.2) is 0 Å². The Morgan fingerprint density at radius 2 is 1.85 bits per heavy atom. The molecule has 2 aromatic carbocycles. The van der Waals surface area contributed by atoms with E-state index in [9.17, 15) is 4.39 Å². The number of benzene rings is 2. The van der Waals surface area contributed by atoms with Crippen LogP contribution in [0.15, 0.2) is 34.8 Å². The van der Waals surface area contributed by atoms with Gasteiger partial charge in [-0.2, -0.15) is 0 Å². The molecule has 0 aliphatic carbocycles. The Balaban J connectivity index is 2.42. The molecule has 2 N–H and O–H groups in total. The quantitative estimate of drug-likeness (QED) is 0.694. The fraction of sp³-hybridized carbons (Fsp3) is 0.143. The molecule has 2 rings (SSSR count). The first-order valence-corrected chi connectivity index (χ1v) is 7.31. The van der Waals surface area contributed by atoms with Crippen molar-refractivity contribution in [3.05, 3.63) is 56.2 Å². The van der Waals surface area contributed by atoms with Crippen molar-refractivity contribution in [3.8, 4) is 11.5 Å². The lowest BCUT2D eigenvalue weighted by molar-refractivity contribution is 0.469. The first-order chi connectivity index (χ1) is 9.38. The minimum Gasteiger partial charge on any atom is -0.455 e. The first-order valence-electron chi connectivity index (χ1n) is 5.76. The third-order valence-corrected chi connectivity index (χ3v) is 4.15. The minimum absolute atomic E-state index is 0.370. The summed E-state index contributed by atoms with van der Waals surface area (Å²) in [5.74, 6) is 0.458. The fourth-order valence-corrected chi connectivity index (χ4v) is 2.50. The molecule has 0 unspecified atom stereocenters. The zero-order valence-corrected chi connectivity index (χ0v) is 13.6. The zero-order valence-electron chi connectivity index (χ0n) is 10.5. The van der Waals surface area contributed by atoms with Crippen LogP contribution in [-0.2, 0) is 0 Å². The van der Waals surface area contributed by atoms with Crippen molar-refractivity contribution in [2.75, 3.05) is 0 Å². The fourth-order valence-electron chi connectivity index (χ4n) is 1.67. The van der Waals surface area contributed by atoms with E-state index in [1.807, 2.05) is 0 Å². The van der Waals surface area contributed by atoms with Crippen LogP contribution < -0.4 is 10.5 Å². The Labute approximate surface area is 134 Å². The van der Waals surface area contributed by atoms with Crippen LogP contribution in [0.3, 0.4) is 0 Å². The molecular weight excluding hydrogens is 368 g/mol. The predicted octanol–water partition coefficient (Wildman–Crippen LogP) is 5.71. The average Bonchev–Trinajstić information content (AvgIpc) is 2.37. The highest BCUT2D eigenvalue weighted by Gasteiger charge is 2.13. The largest absolute Gasteiger partial charge is 0.455 e. The van der Waals surface area contributed by atoms with Crippen LogP contribution in [0.4, 0.5) is 4.39 Å². The summed E-state index contributed by atoms with van der Waals surface area (Å²) in [7, 11) is 0. The average molecular weight is 379 g/mol. The van der Waals surface area contributed by atoms with Gasteiger partial charge in [-0.3, -0.25) is 0 Å². The van der Waals surface area contributed by atoms with Gasteiger partial charge in [0.2, 0.25) is 0 Å². The molecule has 0 aliphatic heterocycles. The van der Waals surface area contributed by atoms with E-state index in [0.717, 1.165) is 0 Å². The SMILES string of the molecule is C[C@@H](N)c1cc(F)ccc1Oc1cc(Cl)c(Br)cc1Cl. The number of nitrogens with two attached hydrogens (primary N) is 1. The van der Waals surface area contributed by atoms with E-state index in [1.54, 1.807) is 19.1 Å². The van der Waals surface area contributed by atoms with Crippen LogP contribution >= 0.6 is 39.1 Å². The molecule has 1 atom stereocenters. The highest BCUT2D eigenvalue weighted by molar-refractivity contribution is 9.10. The molecule has 0 aromatic heterocycles. The molecule has 0 bridgehead atoms. The van der Waals surface area contributed by atoms with Gasteiger partial charge in [0.1, 0.15) is 17.3 Å². The highest BCUT2D eigenvalue weighted by atomic mass is 79.9. The van der Waals surface area contributed by atoms with Gasteiger partial charge < -0.3 is 10.5 Å². The second-order valence-electron chi connectivity index (χ2n) is 4.27. The maximum Gasteiger partial charge on any atom is 0.147 e. The maximum absolute atomic E-state index is 13.3. The molecule has 0 aliphatic rings. The molecule has 0 amide bonds. The summed E-state index contributed by atoms with van der Waals surface area (Å²) in [5.41, 5.74) is 6.37. The minimum atomic E-state index is -0.371. The molecule has 0 fully saturated rings. The molecule has 2 aromatic rings. The van der Waals surface area contributed by atoms with E-state index in [-0.39, 0.29) is 11.9 Å². The lowest BCUT2D eigenvalue weighted by Gasteiger charge is -2.15. The highest BCUT2D eigenvalue weighted by Crippen LogP contribution is 2.38. The topological polar surface area (TPSA) is 35.2 Å². The molecule has 0 radical (unpaired) electrons. The third-order valence-electron chi connectivity index (χ3n) is 2.66. The standard InChI is InChI=1S/C14H11BrCl2FNO/c1-7(19)9-4-8(18)2-3-13(9)20-14-6-11(16)10(15)5-12(14)17/h2-7H,19H2,1H3/t7-/m1/s1. The van der Waals surface area contributed by atoms with Gasteiger partial charge in [0.25, 0.3) is 0 Å². The molecule has 6 heteroatoms. The smallest absolute Gasteiger partial charge is 0.147 e. The first kappa shape index (κ1) is 15.6. The monoisotopic (exact) mass is 377 g/mol. The molecule has 0 heterocycles. The van der Waals surface area contributed by atoms with Crippen molar-refractivity contribution in [2.24, 2.45) is 5.73 Å². The van der Waals surface area contributed by atoms with Gasteiger partial charge in [-0.25, -0.2) is 4.39 Å². The number of halogens is 4. The van der Waals surface area contributed by atoms with E-state index in [4.69, 9.17) is 33.7 Å². The summed E-state index contributed by atoms with van der Waals surface area (Å²) >= 11 is 15.4. The van der Waals surface area contributed by atoms with Gasteiger partial charge in [-0.1, -0.05) is 23.2 Å². The maximum atomic E-state index is 13.3. The number of rotatable bonds is 3. The molecule has 20 heavy (non-hydrogen) atoms. The van der Waals surface area contributed by atoms with Crippen LogP contribution in [0.2, 0.25) is 10.0 Å². The van der Waals surface area contributed by atoms with Crippen molar-refractivity contribution in [3.63, 3.8) is 0 Å². The summed E-state index contributed by atoms with van der Waals surface area (Å²) in [6.45, 7) is 1.75. The van der Waals surface area contributed by atoms with Gasteiger partial charge in [0.15, 0.2) is 0 Å². The van der Waals surface area contributed by atoms with Crippen molar-refractivity contribution >= 4 is 39.1 Å². The Kier molecular flexibility index (Phi) is 4.91. The molecule has 0 saturated heterocycles. The third kappa shape index (κ3) is 3.44. The molecule has 106 valence electrons. The zero-order chi connectivity index (χ0) is 14.9. The predicted molar refractivity (Wildman–Crippen MR) is 83.2 cm³/mol. The van der Waals surface area contributed by atoms with Crippen molar-refractivity contribution in [1.29, 1.82) is 0 Å². The summed E-state index contributed by atoms with van der Waals surface area (Å²) < 4.78 is 19.7. The second kappa shape index (κ2) is 6.31. The van der Waals surface area contributed by atoms with Crippen LogP contribution in [0.1, 0.15) is 18.5 Å². The van der Waals surface area contributed by atoms with E-state index in [0.29, 0.717) is 31.6 Å². The van der Waals surface area contributed by atoms with Gasteiger partial charge >= 0.3 is 0 Å². The van der Waals surface area contributed by atoms with E-state index in [2.05, 4.69) is 15.9 Å². The Morgan fingerprint density at radius 1 is 1.15 bits per heavy atom. The van der Waals surface area contributed by atoms with E-state index >= 15 is 0 Å². The summed E-state index contributed by atoms with van der Waals surface area (Å²) in [6, 6.07) is 7.01. The Morgan fingerprint density at radius 3 is 2.50 bits per heavy atom.